The van der Waals surface area contributed by atoms with Gasteiger partial charge in [0, 0.05) is 6.54 Å². The van der Waals surface area contributed by atoms with Crippen LogP contribution in [0, 0.1) is 12.8 Å². The Morgan fingerprint density at radius 1 is 1.50 bits per heavy atom. The minimum Gasteiger partial charge on any atom is -0.393 e. The predicted molar refractivity (Wildman–Crippen MR) is 92.9 cm³/mol. The van der Waals surface area contributed by atoms with Crippen molar-refractivity contribution < 1.29 is 14.6 Å². The van der Waals surface area contributed by atoms with Crippen molar-refractivity contribution in [1.82, 2.24) is 10.2 Å². The van der Waals surface area contributed by atoms with E-state index < -0.39 is 6.10 Å². The Bertz CT molecular complexity index is 602. The van der Waals surface area contributed by atoms with Crippen LogP contribution in [0.4, 0.5) is 4.79 Å². The van der Waals surface area contributed by atoms with Crippen LogP contribution in [-0.4, -0.2) is 47.9 Å². The van der Waals surface area contributed by atoms with E-state index in [0.717, 1.165) is 6.42 Å². The van der Waals surface area contributed by atoms with E-state index in [1.165, 1.54) is 16.7 Å². The van der Waals surface area contributed by atoms with Crippen molar-refractivity contribution in [2.75, 3.05) is 19.8 Å². The number of aliphatic hydroxyl groups excluding tert-OH is 1. The van der Waals surface area contributed by atoms with E-state index in [0.29, 0.717) is 32.1 Å². The second-order valence-electron chi connectivity index (χ2n) is 7.32. The van der Waals surface area contributed by atoms with Gasteiger partial charge in [-0.2, -0.15) is 0 Å². The van der Waals surface area contributed by atoms with Gasteiger partial charge >= 0.3 is 6.03 Å². The van der Waals surface area contributed by atoms with Crippen molar-refractivity contribution in [2.45, 2.75) is 51.8 Å². The number of urea groups is 1. The summed E-state index contributed by atoms with van der Waals surface area (Å²) < 4.78 is 5.49. The van der Waals surface area contributed by atoms with Gasteiger partial charge in [-0.05, 0) is 43.7 Å². The molecule has 24 heavy (non-hydrogen) atoms. The first-order valence-corrected chi connectivity index (χ1v) is 8.88. The molecule has 0 saturated carbocycles. The van der Waals surface area contributed by atoms with Gasteiger partial charge in [0.25, 0.3) is 0 Å². The van der Waals surface area contributed by atoms with Crippen molar-refractivity contribution in [3.05, 3.63) is 34.9 Å². The number of nitrogens with zero attached hydrogens (tertiary/aromatic N) is 1. The lowest BCUT2D eigenvalue weighted by Crippen LogP contribution is -2.54. The molecule has 132 valence electrons. The van der Waals surface area contributed by atoms with Gasteiger partial charge in [-0.1, -0.05) is 30.7 Å². The minimum absolute atomic E-state index is 0.0462. The Morgan fingerprint density at radius 2 is 2.29 bits per heavy atom. The van der Waals surface area contributed by atoms with E-state index in [1.54, 1.807) is 6.92 Å². The summed E-state index contributed by atoms with van der Waals surface area (Å²) in [6.45, 7) is 7.65. The van der Waals surface area contributed by atoms with Crippen LogP contribution in [0.25, 0.3) is 0 Å². The van der Waals surface area contributed by atoms with E-state index in [-0.39, 0.29) is 18.1 Å². The van der Waals surface area contributed by atoms with E-state index in [2.05, 4.69) is 37.4 Å². The zero-order valence-corrected chi connectivity index (χ0v) is 14.8. The average Bonchev–Trinajstić information content (AvgIpc) is 2.83. The van der Waals surface area contributed by atoms with Crippen LogP contribution in [-0.2, 0) is 11.2 Å². The normalized spacial score (nSPS) is 27.7. The Morgan fingerprint density at radius 3 is 3.04 bits per heavy atom. The summed E-state index contributed by atoms with van der Waals surface area (Å²) in [7, 11) is 0. The molecule has 3 rings (SSSR count). The molecule has 1 heterocycles. The quantitative estimate of drug-likeness (QED) is 0.893. The summed E-state index contributed by atoms with van der Waals surface area (Å²) in [5.74, 6) is 0.391. The number of benzene rings is 1. The molecule has 1 aromatic rings. The summed E-state index contributed by atoms with van der Waals surface area (Å²) in [4.78, 5) is 14.7. The molecule has 4 atom stereocenters. The highest BCUT2D eigenvalue weighted by Crippen LogP contribution is 2.36. The fourth-order valence-electron chi connectivity index (χ4n) is 3.91. The Hall–Kier alpha value is -1.59. The monoisotopic (exact) mass is 332 g/mol. The first kappa shape index (κ1) is 17.2. The highest BCUT2D eigenvalue weighted by atomic mass is 16.5. The summed E-state index contributed by atoms with van der Waals surface area (Å²) in [6.07, 6.45) is 1.10. The summed E-state index contributed by atoms with van der Waals surface area (Å²) >= 11 is 0. The summed E-state index contributed by atoms with van der Waals surface area (Å²) in [6, 6.07) is 6.45. The molecule has 1 aromatic carbocycles. The van der Waals surface area contributed by atoms with E-state index in [9.17, 15) is 9.90 Å². The number of aryl methyl sites for hydroxylation is 1. The van der Waals surface area contributed by atoms with Crippen molar-refractivity contribution in [3.63, 3.8) is 0 Å². The molecule has 1 aliphatic carbocycles. The maximum absolute atomic E-state index is 12.9. The fraction of sp³-hybridized carbons (Fsp3) is 0.632. The number of carbonyl (C=O) groups excluding carboxylic acids is 1. The molecule has 2 aliphatic rings. The Kier molecular flexibility index (Phi) is 5.11. The topological polar surface area (TPSA) is 61.8 Å². The maximum Gasteiger partial charge on any atom is 0.318 e. The molecule has 1 saturated heterocycles. The van der Waals surface area contributed by atoms with E-state index in [1.807, 2.05) is 4.90 Å². The third-order valence-corrected chi connectivity index (χ3v) is 5.13. The Labute approximate surface area is 144 Å². The molecular formula is C19H28N2O3. The van der Waals surface area contributed by atoms with Crippen molar-refractivity contribution in [3.8, 4) is 0 Å². The lowest BCUT2D eigenvalue weighted by molar-refractivity contribution is -0.00507. The molecule has 2 amide bonds. The molecule has 2 N–H and O–H groups in total. The van der Waals surface area contributed by atoms with Crippen molar-refractivity contribution in [2.24, 2.45) is 5.92 Å². The van der Waals surface area contributed by atoms with E-state index >= 15 is 0 Å². The third kappa shape index (κ3) is 3.57. The number of hydrogen-bond donors (Lipinski definition) is 2. The number of fused-ring (bicyclic) bond motifs is 1. The first-order valence-electron chi connectivity index (χ1n) is 8.88. The van der Waals surface area contributed by atoms with Crippen LogP contribution >= 0.6 is 0 Å². The lowest BCUT2D eigenvalue weighted by atomic mass is 10.0. The zero-order valence-electron chi connectivity index (χ0n) is 14.8. The van der Waals surface area contributed by atoms with Crippen LogP contribution in [0.1, 0.15) is 43.0 Å². The smallest absolute Gasteiger partial charge is 0.318 e. The molecule has 5 heteroatoms. The molecule has 0 unspecified atom stereocenters. The van der Waals surface area contributed by atoms with Crippen LogP contribution in [0.15, 0.2) is 18.2 Å². The largest absolute Gasteiger partial charge is 0.393 e. The average molecular weight is 332 g/mol. The number of morpholine rings is 1. The van der Waals surface area contributed by atoms with Crippen molar-refractivity contribution >= 4 is 6.03 Å². The highest BCUT2D eigenvalue weighted by Gasteiger charge is 2.34. The molecule has 1 aliphatic heterocycles. The number of aliphatic hydroxyl groups is 1. The maximum atomic E-state index is 12.9. The van der Waals surface area contributed by atoms with Crippen LogP contribution in [0.3, 0.4) is 0 Å². The molecule has 0 radical (unpaired) electrons. The van der Waals surface area contributed by atoms with Gasteiger partial charge in [-0.25, -0.2) is 4.79 Å². The highest BCUT2D eigenvalue weighted by molar-refractivity contribution is 5.75. The van der Waals surface area contributed by atoms with Gasteiger partial charge in [-0.15, -0.1) is 0 Å². The van der Waals surface area contributed by atoms with Gasteiger partial charge in [0.05, 0.1) is 31.4 Å². The number of ether oxygens (including phenoxy) is 1. The Balaban J connectivity index is 1.73. The van der Waals surface area contributed by atoms with Gasteiger partial charge in [0.15, 0.2) is 0 Å². The predicted octanol–water partition coefficient (Wildman–Crippen LogP) is 2.41. The SMILES string of the molecule is Cc1ccc2c(c1)[C@H](NC(=O)N1CCOC[C@@H]1C[C@@H](C)O)[C@@H](C)C2. The standard InChI is InChI=1S/C19H28N2O3/c1-12-4-5-15-9-13(2)18(17(15)8-12)20-19(23)21-6-7-24-11-16(21)10-14(3)22/h4-5,8,13-14,16,18,22H,6-7,9-11H2,1-3H3,(H,20,23)/t13-,14+,16-,18+/m0/s1. The zero-order chi connectivity index (χ0) is 17.3. The number of carbonyl (C=O) groups is 1. The second kappa shape index (κ2) is 7.11. The van der Waals surface area contributed by atoms with Gasteiger partial charge in [-0.3, -0.25) is 0 Å². The van der Waals surface area contributed by atoms with Crippen LogP contribution in [0.2, 0.25) is 0 Å². The molecule has 0 spiro atoms. The summed E-state index contributed by atoms with van der Waals surface area (Å²) in [5, 5.41) is 12.9. The first-order chi connectivity index (χ1) is 11.5. The number of nitrogens with one attached hydrogen (secondary N) is 1. The number of hydrogen-bond acceptors (Lipinski definition) is 3. The molecule has 5 nitrogen and oxygen atoms in total. The van der Waals surface area contributed by atoms with E-state index in [4.69, 9.17) is 4.74 Å². The van der Waals surface area contributed by atoms with Crippen molar-refractivity contribution in [1.29, 1.82) is 0 Å². The lowest BCUT2D eigenvalue weighted by Gasteiger charge is -2.37. The molecule has 0 bridgehead atoms. The second-order valence-corrected chi connectivity index (χ2v) is 7.32. The summed E-state index contributed by atoms with van der Waals surface area (Å²) in [5.41, 5.74) is 3.80. The number of amides is 2. The van der Waals surface area contributed by atoms with Gasteiger partial charge in [0.1, 0.15) is 0 Å². The van der Waals surface area contributed by atoms with Crippen LogP contribution < -0.4 is 5.32 Å². The van der Waals surface area contributed by atoms with Gasteiger partial charge in [0.2, 0.25) is 0 Å². The minimum atomic E-state index is -0.444. The molecular weight excluding hydrogens is 304 g/mol. The molecule has 1 fully saturated rings. The third-order valence-electron chi connectivity index (χ3n) is 5.13. The van der Waals surface area contributed by atoms with Gasteiger partial charge < -0.3 is 20.1 Å². The number of rotatable bonds is 3. The van der Waals surface area contributed by atoms with Crippen LogP contribution in [0.5, 0.6) is 0 Å². The fourth-order valence-corrected chi connectivity index (χ4v) is 3.91. The molecule has 0 aromatic heterocycles.